The normalized spacial score (nSPS) is 15.2. The molecule has 1 fully saturated rings. The minimum atomic E-state index is -0.342. The van der Waals surface area contributed by atoms with Gasteiger partial charge in [-0.1, -0.05) is 30.3 Å². The van der Waals surface area contributed by atoms with Gasteiger partial charge in [0, 0.05) is 64.0 Å². The summed E-state index contributed by atoms with van der Waals surface area (Å²) >= 11 is 0. The van der Waals surface area contributed by atoms with Gasteiger partial charge in [0.1, 0.15) is 0 Å². The minimum absolute atomic E-state index is 0.0429. The summed E-state index contributed by atoms with van der Waals surface area (Å²) in [6, 6.07) is 11.0. The van der Waals surface area contributed by atoms with Crippen LogP contribution in [0.3, 0.4) is 0 Å². The van der Waals surface area contributed by atoms with E-state index in [2.05, 4.69) is 20.2 Å². The number of nitrogens with zero attached hydrogens (tertiary/aromatic N) is 4. The van der Waals surface area contributed by atoms with Gasteiger partial charge in [-0.05, 0) is 11.6 Å². The molecule has 1 aliphatic rings. The Morgan fingerprint density at radius 2 is 1.71 bits per heavy atom. The van der Waals surface area contributed by atoms with E-state index in [0.29, 0.717) is 38.7 Å². The minimum Gasteiger partial charge on any atom is -0.356 e. The first-order valence-corrected chi connectivity index (χ1v) is 9.50. The summed E-state index contributed by atoms with van der Waals surface area (Å²) < 4.78 is 0. The Hall–Kier alpha value is -3.00. The van der Waals surface area contributed by atoms with Crippen molar-refractivity contribution in [2.24, 2.45) is 5.73 Å². The molecule has 1 aromatic carbocycles. The van der Waals surface area contributed by atoms with E-state index >= 15 is 0 Å². The lowest BCUT2D eigenvalue weighted by Gasteiger charge is -2.34. The van der Waals surface area contributed by atoms with E-state index in [1.54, 1.807) is 18.5 Å². The van der Waals surface area contributed by atoms with E-state index in [0.717, 1.165) is 5.56 Å². The molecule has 8 nitrogen and oxygen atoms in total. The number of hydrogen-bond donors (Lipinski definition) is 2. The second-order valence-corrected chi connectivity index (χ2v) is 6.74. The van der Waals surface area contributed by atoms with Crippen LogP contribution < -0.4 is 16.0 Å². The maximum absolute atomic E-state index is 12.4. The fourth-order valence-corrected chi connectivity index (χ4v) is 3.17. The molecule has 0 aliphatic carbocycles. The molecule has 28 heavy (non-hydrogen) atoms. The standard InChI is InChI=1S/C20H26N6O2/c21-17(16-5-2-1-3-6-16)15-18(27)22-10-7-19(28)25-11-13-26(14-12-25)20-23-8-4-9-24-20/h1-6,8-9,17H,7,10-15,21H2,(H,22,27). The Morgan fingerprint density at radius 1 is 1.04 bits per heavy atom. The van der Waals surface area contributed by atoms with Crippen LogP contribution in [0.2, 0.25) is 0 Å². The zero-order chi connectivity index (χ0) is 19.8. The topological polar surface area (TPSA) is 104 Å². The van der Waals surface area contributed by atoms with E-state index in [-0.39, 0.29) is 30.7 Å². The molecule has 3 N–H and O–H groups in total. The largest absolute Gasteiger partial charge is 0.356 e. The SMILES string of the molecule is NC(CC(=O)NCCC(=O)N1CCN(c2ncccn2)CC1)c1ccccc1. The van der Waals surface area contributed by atoms with E-state index in [9.17, 15) is 9.59 Å². The number of piperazine rings is 1. The highest BCUT2D eigenvalue weighted by atomic mass is 16.2. The summed E-state index contributed by atoms with van der Waals surface area (Å²) in [5.41, 5.74) is 6.98. The van der Waals surface area contributed by atoms with Crippen LogP contribution in [0.5, 0.6) is 0 Å². The number of nitrogens with one attached hydrogen (secondary N) is 1. The quantitative estimate of drug-likeness (QED) is 0.731. The molecular formula is C20H26N6O2. The molecule has 1 aliphatic heterocycles. The van der Waals surface area contributed by atoms with Crippen molar-refractivity contribution >= 4 is 17.8 Å². The van der Waals surface area contributed by atoms with Gasteiger partial charge in [-0.2, -0.15) is 0 Å². The molecule has 2 amide bonds. The average Bonchev–Trinajstić information content (AvgIpc) is 2.75. The average molecular weight is 382 g/mol. The Bertz CT molecular complexity index is 763. The van der Waals surface area contributed by atoms with E-state index in [1.165, 1.54) is 0 Å². The van der Waals surface area contributed by atoms with Crippen LogP contribution in [0.4, 0.5) is 5.95 Å². The number of benzene rings is 1. The van der Waals surface area contributed by atoms with E-state index in [4.69, 9.17) is 5.73 Å². The molecule has 0 spiro atoms. The Labute approximate surface area is 164 Å². The van der Waals surface area contributed by atoms with Crippen molar-refractivity contribution in [2.45, 2.75) is 18.9 Å². The van der Waals surface area contributed by atoms with Crippen molar-refractivity contribution in [1.82, 2.24) is 20.2 Å². The molecule has 0 radical (unpaired) electrons. The van der Waals surface area contributed by atoms with Crippen LogP contribution >= 0.6 is 0 Å². The summed E-state index contributed by atoms with van der Waals surface area (Å²) in [7, 11) is 0. The Kier molecular flexibility index (Phi) is 6.91. The molecule has 1 saturated heterocycles. The molecule has 1 atom stereocenters. The summed E-state index contributed by atoms with van der Waals surface area (Å²) in [6.45, 7) is 2.98. The van der Waals surface area contributed by atoms with Crippen LogP contribution in [-0.4, -0.2) is 59.4 Å². The van der Waals surface area contributed by atoms with Gasteiger partial charge in [-0.3, -0.25) is 9.59 Å². The molecule has 3 rings (SSSR count). The highest BCUT2D eigenvalue weighted by molar-refractivity contribution is 5.79. The third kappa shape index (κ3) is 5.50. The van der Waals surface area contributed by atoms with Crippen molar-refractivity contribution in [2.75, 3.05) is 37.6 Å². The number of anilines is 1. The third-order valence-electron chi connectivity index (χ3n) is 4.76. The number of amides is 2. The lowest BCUT2D eigenvalue weighted by atomic mass is 10.0. The summed E-state index contributed by atoms with van der Waals surface area (Å²) in [6.07, 6.45) is 3.92. The Balaban J connectivity index is 1.35. The van der Waals surface area contributed by atoms with Crippen molar-refractivity contribution in [3.8, 4) is 0 Å². The van der Waals surface area contributed by atoms with Crippen LogP contribution in [0, 0.1) is 0 Å². The first kappa shape index (κ1) is 19.8. The number of hydrogen-bond acceptors (Lipinski definition) is 6. The monoisotopic (exact) mass is 382 g/mol. The van der Waals surface area contributed by atoms with E-state index in [1.807, 2.05) is 35.2 Å². The van der Waals surface area contributed by atoms with E-state index < -0.39 is 0 Å². The first-order valence-electron chi connectivity index (χ1n) is 9.50. The van der Waals surface area contributed by atoms with Crippen LogP contribution in [0.1, 0.15) is 24.4 Å². The van der Waals surface area contributed by atoms with Gasteiger partial charge in [0.2, 0.25) is 17.8 Å². The number of rotatable bonds is 7. The van der Waals surface area contributed by atoms with Crippen LogP contribution in [0.15, 0.2) is 48.8 Å². The maximum Gasteiger partial charge on any atom is 0.225 e. The molecule has 8 heteroatoms. The van der Waals surface area contributed by atoms with Gasteiger partial charge in [0.15, 0.2) is 0 Å². The number of nitrogens with two attached hydrogens (primary N) is 1. The molecular weight excluding hydrogens is 356 g/mol. The summed E-state index contributed by atoms with van der Waals surface area (Å²) in [5, 5.41) is 2.79. The molecule has 148 valence electrons. The lowest BCUT2D eigenvalue weighted by Crippen LogP contribution is -2.49. The molecule has 1 aromatic heterocycles. The van der Waals surface area contributed by atoms with Gasteiger partial charge in [0.25, 0.3) is 0 Å². The smallest absolute Gasteiger partial charge is 0.225 e. The lowest BCUT2D eigenvalue weighted by molar-refractivity contribution is -0.131. The summed E-state index contributed by atoms with van der Waals surface area (Å²) in [4.78, 5) is 36.8. The molecule has 2 heterocycles. The fourth-order valence-electron chi connectivity index (χ4n) is 3.17. The first-order chi connectivity index (χ1) is 13.6. The van der Waals surface area contributed by atoms with Gasteiger partial charge in [-0.15, -0.1) is 0 Å². The number of aromatic nitrogens is 2. The van der Waals surface area contributed by atoms with Crippen molar-refractivity contribution in [3.63, 3.8) is 0 Å². The zero-order valence-electron chi connectivity index (χ0n) is 15.8. The van der Waals surface area contributed by atoms with Crippen LogP contribution in [0.25, 0.3) is 0 Å². The van der Waals surface area contributed by atoms with Gasteiger partial charge >= 0.3 is 0 Å². The predicted octanol–water partition coefficient (Wildman–Crippen LogP) is 0.722. The molecule has 2 aromatic rings. The predicted molar refractivity (Wildman–Crippen MR) is 106 cm³/mol. The Morgan fingerprint density at radius 3 is 2.39 bits per heavy atom. The van der Waals surface area contributed by atoms with Crippen molar-refractivity contribution < 1.29 is 9.59 Å². The third-order valence-corrected chi connectivity index (χ3v) is 4.76. The number of carbonyl (C=O) groups excluding carboxylic acids is 2. The molecule has 0 bridgehead atoms. The second kappa shape index (κ2) is 9.80. The van der Waals surface area contributed by atoms with Crippen molar-refractivity contribution in [1.29, 1.82) is 0 Å². The molecule has 1 unspecified atom stereocenters. The highest BCUT2D eigenvalue weighted by Crippen LogP contribution is 2.13. The fraction of sp³-hybridized carbons (Fsp3) is 0.400. The highest BCUT2D eigenvalue weighted by Gasteiger charge is 2.22. The van der Waals surface area contributed by atoms with Crippen LogP contribution in [-0.2, 0) is 9.59 Å². The second-order valence-electron chi connectivity index (χ2n) is 6.74. The number of carbonyl (C=O) groups is 2. The maximum atomic E-state index is 12.4. The zero-order valence-corrected chi connectivity index (χ0v) is 15.8. The summed E-state index contributed by atoms with van der Waals surface area (Å²) in [5.74, 6) is 0.591. The van der Waals surface area contributed by atoms with Gasteiger partial charge in [0.05, 0.1) is 0 Å². The molecule has 0 saturated carbocycles. The van der Waals surface area contributed by atoms with Gasteiger partial charge in [-0.25, -0.2) is 9.97 Å². The van der Waals surface area contributed by atoms with Crippen molar-refractivity contribution in [3.05, 3.63) is 54.4 Å². The van der Waals surface area contributed by atoms with Gasteiger partial charge < -0.3 is 20.9 Å².